The summed E-state index contributed by atoms with van der Waals surface area (Å²) >= 11 is 0. The fraction of sp³-hybridized carbons (Fsp3) is 0.464. The van der Waals surface area contributed by atoms with Crippen molar-refractivity contribution in [3.63, 3.8) is 0 Å². The minimum Gasteiger partial charge on any atom is -0.476 e. The summed E-state index contributed by atoms with van der Waals surface area (Å²) < 4.78 is 75.5. The fourth-order valence-electron chi connectivity index (χ4n) is 5.49. The summed E-state index contributed by atoms with van der Waals surface area (Å²) in [5.74, 6) is -0.391. The van der Waals surface area contributed by atoms with Crippen LogP contribution in [-0.4, -0.2) is 54.0 Å². The highest BCUT2D eigenvalue weighted by Gasteiger charge is 2.64. The number of halogens is 3. The van der Waals surface area contributed by atoms with Gasteiger partial charge in [0.25, 0.3) is 15.9 Å². The van der Waals surface area contributed by atoms with Gasteiger partial charge >= 0.3 is 6.18 Å². The zero-order chi connectivity index (χ0) is 29.8. The van der Waals surface area contributed by atoms with Crippen LogP contribution in [-0.2, 0) is 10.0 Å². The molecule has 3 heterocycles. The first-order valence-corrected chi connectivity index (χ1v) is 14.8. The van der Waals surface area contributed by atoms with Crippen molar-refractivity contribution in [1.29, 1.82) is 0 Å². The van der Waals surface area contributed by atoms with Crippen molar-refractivity contribution in [2.24, 2.45) is 11.3 Å². The van der Waals surface area contributed by atoms with Gasteiger partial charge in [-0.15, -0.1) is 5.10 Å². The van der Waals surface area contributed by atoms with E-state index in [4.69, 9.17) is 4.74 Å². The van der Waals surface area contributed by atoms with Crippen LogP contribution >= 0.6 is 0 Å². The van der Waals surface area contributed by atoms with Gasteiger partial charge in [-0.25, -0.2) is 22.8 Å². The highest BCUT2D eigenvalue weighted by molar-refractivity contribution is 7.90. The summed E-state index contributed by atoms with van der Waals surface area (Å²) in [5.41, 5.74) is -1.61. The van der Waals surface area contributed by atoms with Gasteiger partial charge in [0.2, 0.25) is 5.88 Å². The first kappa shape index (κ1) is 28.9. The molecule has 1 aliphatic heterocycles. The molecule has 41 heavy (non-hydrogen) atoms. The van der Waals surface area contributed by atoms with Crippen molar-refractivity contribution in [2.75, 3.05) is 18.1 Å². The lowest BCUT2D eigenvalue weighted by atomic mass is 9.97. The molecule has 2 fully saturated rings. The number of aryl methyl sites for hydroxylation is 1. The van der Waals surface area contributed by atoms with Gasteiger partial charge in [-0.3, -0.25) is 4.79 Å². The van der Waals surface area contributed by atoms with E-state index in [9.17, 15) is 26.4 Å². The SMILES string of the molecule is Cc1ccccc1S(=O)(=O)NC(=O)c1c(-n2ccc(OCC3(C(F)(F)F)CC3)n2)ccnc1N1C[C@@H](C)CC1(C)C. The van der Waals surface area contributed by atoms with E-state index in [1.165, 1.54) is 35.3 Å². The van der Waals surface area contributed by atoms with Crippen LogP contribution in [0.4, 0.5) is 19.0 Å². The lowest BCUT2D eigenvalue weighted by Crippen LogP contribution is -2.41. The fourth-order valence-corrected chi connectivity index (χ4v) is 6.70. The molecule has 0 bridgehead atoms. The highest BCUT2D eigenvalue weighted by Crippen LogP contribution is 2.57. The van der Waals surface area contributed by atoms with Crippen LogP contribution in [0.25, 0.3) is 5.69 Å². The molecule has 5 rings (SSSR count). The van der Waals surface area contributed by atoms with E-state index in [0.717, 1.165) is 6.42 Å². The summed E-state index contributed by atoms with van der Waals surface area (Å²) in [4.78, 5) is 20.3. The maximum Gasteiger partial charge on any atom is 0.397 e. The Morgan fingerprint density at radius 1 is 1.17 bits per heavy atom. The first-order chi connectivity index (χ1) is 19.1. The van der Waals surface area contributed by atoms with E-state index in [2.05, 4.69) is 21.7 Å². The molecule has 220 valence electrons. The number of aromatic nitrogens is 3. The maximum absolute atomic E-state index is 13.8. The van der Waals surface area contributed by atoms with E-state index in [-0.39, 0.29) is 52.1 Å². The van der Waals surface area contributed by atoms with E-state index in [1.54, 1.807) is 25.1 Å². The Balaban J connectivity index is 1.53. The second-order valence-corrected chi connectivity index (χ2v) is 13.3. The number of ether oxygens (including phenoxy) is 1. The monoisotopic (exact) mass is 591 g/mol. The molecule has 1 saturated carbocycles. The van der Waals surface area contributed by atoms with Crippen molar-refractivity contribution in [2.45, 2.75) is 63.6 Å². The number of hydrogen-bond donors (Lipinski definition) is 1. The number of nitrogens with one attached hydrogen (secondary N) is 1. The van der Waals surface area contributed by atoms with Gasteiger partial charge in [0.15, 0.2) is 0 Å². The third-order valence-electron chi connectivity index (χ3n) is 7.84. The Kier molecular flexibility index (Phi) is 7.07. The molecule has 0 spiro atoms. The number of amides is 1. The smallest absolute Gasteiger partial charge is 0.397 e. The predicted octanol–water partition coefficient (Wildman–Crippen LogP) is 5.04. The van der Waals surface area contributed by atoms with Gasteiger partial charge in [0.05, 0.1) is 10.6 Å². The lowest BCUT2D eigenvalue weighted by molar-refractivity contribution is -0.194. The highest BCUT2D eigenvalue weighted by atomic mass is 32.2. The average molecular weight is 592 g/mol. The number of rotatable bonds is 8. The van der Waals surface area contributed by atoms with Gasteiger partial charge in [-0.1, -0.05) is 25.1 Å². The van der Waals surface area contributed by atoms with Crippen molar-refractivity contribution in [3.05, 3.63) is 59.9 Å². The summed E-state index contributed by atoms with van der Waals surface area (Å²) in [6, 6.07) is 9.20. The van der Waals surface area contributed by atoms with Gasteiger partial charge in [0.1, 0.15) is 23.4 Å². The molecular formula is C28H32F3N5O4S. The molecule has 3 aromatic rings. The van der Waals surface area contributed by atoms with Crippen molar-refractivity contribution < 1.29 is 31.1 Å². The number of alkyl halides is 3. The minimum atomic E-state index is -4.37. The molecule has 2 aliphatic rings. The molecule has 1 N–H and O–H groups in total. The molecular weight excluding hydrogens is 559 g/mol. The third-order valence-corrected chi connectivity index (χ3v) is 9.33. The number of nitrogens with zero attached hydrogens (tertiary/aromatic N) is 4. The molecule has 0 radical (unpaired) electrons. The van der Waals surface area contributed by atoms with Crippen LogP contribution in [0.1, 0.15) is 56.0 Å². The predicted molar refractivity (Wildman–Crippen MR) is 146 cm³/mol. The first-order valence-electron chi connectivity index (χ1n) is 13.3. The van der Waals surface area contributed by atoms with Crippen molar-refractivity contribution >= 4 is 21.7 Å². The maximum atomic E-state index is 13.8. The Hall–Kier alpha value is -3.61. The number of sulfonamides is 1. The summed E-state index contributed by atoms with van der Waals surface area (Å²) in [6.07, 6.45) is -0.623. The molecule has 1 atom stereocenters. The minimum absolute atomic E-state index is 0.00531. The standard InChI is InChI=1S/C28H32F3N5O4S/c1-18-15-26(3,4)35(16-18)24-23(25(37)34-41(38,39)21-8-6-5-7-19(21)2)20(9-13-32-24)36-14-10-22(33-36)40-17-27(11-12-27)28(29,30)31/h5-10,13-14,18H,11-12,15-17H2,1-4H3,(H,34,37)/t18-/m0/s1. The van der Waals surface area contributed by atoms with Crippen LogP contribution < -0.4 is 14.4 Å². The Morgan fingerprint density at radius 2 is 1.88 bits per heavy atom. The summed E-state index contributed by atoms with van der Waals surface area (Å²) in [7, 11) is -4.25. The van der Waals surface area contributed by atoms with Gasteiger partial charge < -0.3 is 9.64 Å². The molecule has 1 saturated heterocycles. The number of hydrogen-bond acceptors (Lipinski definition) is 7. The number of carbonyl (C=O) groups excluding carboxylic acids is 1. The number of carbonyl (C=O) groups is 1. The molecule has 0 unspecified atom stereocenters. The summed E-state index contributed by atoms with van der Waals surface area (Å²) in [5, 5.41) is 4.28. The zero-order valence-electron chi connectivity index (χ0n) is 23.2. The normalized spacial score (nSPS) is 19.7. The van der Waals surface area contributed by atoms with E-state index in [1.807, 2.05) is 18.7 Å². The van der Waals surface area contributed by atoms with Crippen molar-refractivity contribution in [1.82, 2.24) is 19.5 Å². The Bertz CT molecular complexity index is 1580. The Labute approximate surface area is 236 Å². The largest absolute Gasteiger partial charge is 0.476 e. The topological polar surface area (TPSA) is 106 Å². The van der Waals surface area contributed by atoms with Gasteiger partial charge in [-0.2, -0.15) is 13.2 Å². The van der Waals surface area contributed by atoms with Crippen LogP contribution in [0.15, 0.2) is 53.7 Å². The molecule has 1 amide bonds. The van der Waals surface area contributed by atoms with Crippen LogP contribution in [0.2, 0.25) is 0 Å². The average Bonchev–Trinajstić information content (AvgIpc) is 3.45. The van der Waals surface area contributed by atoms with E-state index >= 15 is 0 Å². The number of anilines is 1. The van der Waals surface area contributed by atoms with Gasteiger partial charge in [0, 0.05) is 30.5 Å². The second-order valence-electron chi connectivity index (χ2n) is 11.6. The van der Waals surface area contributed by atoms with Crippen molar-refractivity contribution in [3.8, 4) is 11.6 Å². The van der Waals surface area contributed by atoms with E-state index in [0.29, 0.717) is 12.1 Å². The number of pyridine rings is 1. The molecule has 9 nitrogen and oxygen atoms in total. The summed E-state index contributed by atoms with van der Waals surface area (Å²) in [6.45, 7) is 7.77. The lowest BCUT2D eigenvalue weighted by Gasteiger charge is -2.34. The molecule has 13 heteroatoms. The molecule has 1 aromatic carbocycles. The third kappa shape index (κ3) is 5.51. The van der Waals surface area contributed by atoms with E-state index < -0.39 is 34.1 Å². The van der Waals surface area contributed by atoms with Crippen LogP contribution in [0.5, 0.6) is 5.88 Å². The number of benzene rings is 1. The second kappa shape index (κ2) is 10.0. The molecule has 1 aliphatic carbocycles. The molecule has 2 aromatic heterocycles. The van der Waals surface area contributed by atoms with Crippen LogP contribution in [0, 0.1) is 18.3 Å². The quantitative estimate of drug-likeness (QED) is 0.391. The zero-order valence-corrected chi connectivity index (χ0v) is 24.0. The van der Waals surface area contributed by atoms with Crippen LogP contribution in [0.3, 0.4) is 0 Å². The Morgan fingerprint density at radius 3 is 2.49 bits per heavy atom. The van der Waals surface area contributed by atoms with Gasteiger partial charge in [-0.05, 0) is 63.6 Å².